The fourth-order valence-electron chi connectivity index (χ4n) is 2.33. The summed E-state index contributed by atoms with van der Waals surface area (Å²) in [4.78, 5) is 8.35. The highest BCUT2D eigenvalue weighted by Gasteiger charge is 2.17. The fourth-order valence-corrected chi connectivity index (χ4v) is 2.75. The molecular formula is C18H13Cl2FN2O2. The maximum atomic E-state index is 14.2. The van der Waals surface area contributed by atoms with Crippen molar-refractivity contribution in [2.75, 3.05) is 13.9 Å². The van der Waals surface area contributed by atoms with Crippen LogP contribution in [0.3, 0.4) is 0 Å². The van der Waals surface area contributed by atoms with Gasteiger partial charge in [0.1, 0.15) is 5.82 Å². The molecular weight excluding hydrogens is 366 g/mol. The highest BCUT2D eigenvalue weighted by atomic mass is 35.5. The van der Waals surface area contributed by atoms with Crippen LogP contribution in [0.5, 0.6) is 5.75 Å². The van der Waals surface area contributed by atoms with Crippen molar-refractivity contribution in [2.24, 2.45) is 0 Å². The number of nitrogens with zero attached hydrogens (tertiary/aromatic N) is 2. The van der Waals surface area contributed by atoms with Crippen LogP contribution < -0.4 is 4.74 Å². The number of halogens is 3. The van der Waals surface area contributed by atoms with Crippen LogP contribution in [0.1, 0.15) is 0 Å². The van der Waals surface area contributed by atoms with Gasteiger partial charge >= 0.3 is 0 Å². The van der Waals surface area contributed by atoms with Crippen molar-refractivity contribution in [2.45, 2.75) is 0 Å². The minimum Gasteiger partial charge on any atom is -0.464 e. The normalized spacial score (nSPS) is 10.7. The molecule has 0 aliphatic heterocycles. The van der Waals surface area contributed by atoms with E-state index in [2.05, 4.69) is 9.97 Å². The van der Waals surface area contributed by atoms with Crippen molar-refractivity contribution >= 4 is 23.2 Å². The van der Waals surface area contributed by atoms with Crippen LogP contribution in [-0.4, -0.2) is 23.9 Å². The molecule has 4 nitrogen and oxygen atoms in total. The van der Waals surface area contributed by atoms with Crippen LogP contribution in [0, 0.1) is 5.82 Å². The summed E-state index contributed by atoms with van der Waals surface area (Å²) in [6.45, 7) is -0.000461. The van der Waals surface area contributed by atoms with Crippen LogP contribution in [0.4, 0.5) is 4.39 Å². The van der Waals surface area contributed by atoms with Crippen molar-refractivity contribution in [3.8, 4) is 28.1 Å². The lowest BCUT2D eigenvalue weighted by molar-refractivity contribution is 0.0513. The Labute approximate surface area is 154 Å². The van der Waals surface area contributed by atoms with E-state index in [1.165, 1.54) is 25.3 Å². The van der Waals surface area contributed by atoms with Crippen molar-refractivity contribution in [1.82, 2.24) is 9.97 Å². The molecule has 0 aliphatic rings. The molecule has 2 aromatic heterocycles. The summed E-state index contributed by atoms with van der Waals surface area (Å²) in [5.41, 5.74) is 1.97. The first kappa shape index (κ1) is 17.6. The van der Waals surface area contributed by atoms with Gasteiger partial charge in [0.25, 0.3) is 0 Å². The predicted molar refractivity (Wildman–Crippen MR) is 95.4 cm³/mol. The number of ether oxygens (including phenoxy) is 2. The second kappa shape index (κ2) is 7.78. The Hall–Kier alpha value is -2.21. The second-order valence-electron chi connectivity index (χ2n) is 5.09. The Bertz CT molecular complexity index is 892. The molecule has 0 fully saturated rings. The third kappa shape index (κ3) is 3.90. The largest absolute Gasteiger partial charge is 0.464 e. The van der Waals surface area contributed by atoms with Gasteiger partial charge in [-0.05, 0) is 30.3 Å². The maximum absolute atomic E-state index is 14.2. The zero-order valence-electron chi connectivity index (χ0n) is 13.2. The lowest BCUT2D eigenvalue weighted by Crippen LogP contribution is -2.03. The Morgan fingerprint density at radius 2 is 1.96 bits per heavy atom. The number of pyridine rings is 2. The van der Waals surface area contributed by atoms with Crippen LogP contribution in [0.2, 0.25) is 10.2 Å². The zero-order valence-corrected chi connectivity index (χ0v) is 14.7. The summed E-state index contributed by atoms with van der Waals surface area (Å²) < 4.78 is 24.7. The minimum atomic E-state index is -0.448. The molecule has 2 heterocycles. The van der Waals surface area contributed by atoms with Gasteiger partial charge in [0, 0.05) is 41.2 Å². The van der Waals surface area contributed by atoms with E-state index in [-0.39, 0.29) is 17.5 Å². The number of hydrogen-bond donors (Lipinski definition) is 0. The van der Waals surface area contributed by atoms with E-state index < -0.39 is 5.82 Å². The second-order valence-corrected chi connectivity index (χ2v) is 5.89. The molecule has 0 amide bonds. The number of hydrogen-bond acceptors (Lipinski definition) is 4. The summed E-state index contributed by atoms with van der Waals surface area (Å²) >= 11 is 12.3. The first-order chi connectivity index (χ1) is 12.1. The quantitative estimate of drug-likeness (QED) is 0.449. The molecule has 128 valence electrons. The summed E-state index contributed by atoms with van der Waals surface area (Å²) in [5.74, 6) is -0.113. The molecule has 0 bridgehead atoms. The highest BCUT2D eigenvalue weighted by molar-refractivity contribution is 6.31. The van der Waals surface area contributed by atoms with Gasteiger partial charge in [-0.1, -0.05) is 29.3 Å². The molecule has 0 aliphatic carbocycles. The first-order valence-corrected chi connectivity index (χ1v) is 8.04. The maximum Gasteiger partial charge on any atom is 0.188 e. The van der Waals surface area contributed by atoms with E-state index in [4.69, 9.17) is 32.7 Å². The smallest absolute Gasteiger partial charge is 0.188 e. The Balaban J connectivity index is 2.19. The van der Waals surface area contributed by atoms with Crippen molar-refractivity contribution in [3.05, 3.63) is 64.8 Å². The molecule has 0 spiro atoms. The summed E-state index contributed by atoms with van der Waals surface area (Å²) in [6.07, 6.45) is 3.31. The lowest BCUT2D eigenvalue weighted by atomic mass is 10.0. The SMILES string of the molecule is COCOc1c(-c2cccnc2)cc(-c2cc(Cl)ccc2F)nc1Cl. The van der Waals surface area contributed by atoms with Gasteiger partial charge in [-0.3, -0.25) is 4.98 Å². The molecule has 0 saturated heterocycles. The third-order valence-electron chi connectivity index (χ3n) is 3.43. The van der Waals surface area contributed by atoms with E-state index in [1.54, 1.807) is 24.5 Å². The molecule has 0 radical (unpaired) electrons. The van der Waals surface area contributed by atoms with Crippen LogP contribution in [0.15, 0.2) is 48.8 Å². The summed E-state index contributed by atoms with van der Waals surface area (Å²) in [7, 11) is 1.50. The fraction of sp³-hybridized carbons (Fsp3) is 0.111. The van der Waals surface area contributed by atoms with Gasteiger partial charge in [-0.2, -0.15) is 0 Å². The number of methoxy groups -OCH3 is 1. The van der Waals surface area contributed by atoms with Gasteiger partial charge in [0.05, 0.1) is 5.69 Å². The van der Waals surface area contributed by atoms with Gasteiger partial charge in [-0.15, -0.1) is 0 Å². The van der Waals surface area contributed by atoms with Crippen molar-refractivity contribution < 1.29 is 13.9 Å². The Kier molecular flexibility index (Phi) is 5.48. The molecule has 1 aromatic carbocycles. The summed E-state index contributed by atoms with van der Waals surface area (Å²) in [6, 6.07) is 9.56. The van der Waals surface area contributed by atoms with E-state index >= 15 is 0 Å². The highest BCUT2D eigenvalue weighted by Crippen LogP contribution is 2.38. The number of benzene rings is 1. The average Bonchev–Trinajstić information content (AvgIpc) is 2.63. The molecule has 0 N–H and O–H groups in total. The van der Waals surface area contributed by atoms with Gasteiger partial charge < -0.3 is 9.47 Å². The Morgan fingerprint density at radius 3 is 2.68 bits per heavy atom. The molecule has 0 saturated carbocycles. The topological polar surface area (TPSA) is 44.2 Å². The monoisotopic (exact) mass is 378 g/mol. The van der Waals surface area contributed by atoms with E-state index in [0.29, 0.717) is 22.0 Å². The van der Waals surface area contributed by atoms with Crippen LogP contribution in [-0.2, 0) is 4.74 Å². The van der Waals surface area contributed by atoms with Crippen molar-refractivity contribution in [3.63, 3.8) is 0 Å². The first-order valence-electron chi connectivity index (χ1n) is 7.28. The Morgan fingerprint density at radius 1 is 1.12 bits per heavy atom. The molecule has 7 heteroatoms. The lowest BCUT2D eigenvalue weighted by Gasteiger charge is -2.14. The standard InChI is InChI=1S/C18H13Cl2FN2O2/c1-24-10-25-17-13(11-3-2-6-22-9-11)8-16(23-18(17)20)14-7-12(19)4-5-15(14)21/h2-9H,10H2,1H3. The molecule has 3 rings (SSSR count). The number of rotatable bonds is 5. The van der Waals surface area contributed by atoms with Crippen molar-refractivity contribution in [1.29, 1.82) is 0 Å². The molecule has 0 atom stereocenters. The van der Waals surface area contributed by atoms with Crippen LogP contribution >= 0.6 is 23.2 Å². The van der Waals surface area contributed by atoms with Gasteiger partial charge in [-0.25, -0.2) is 9.37 Å². The summed E-state index contributed by atoms with van der Waals surface area (Å²) in [5, 5.41) is 0.490. The van der Waals surface area contributed by atoms with Gasteiger partial charge in [0.2, 0.25) is 0 Å². The zero-order chi connectivity index (χ0) is 17.8. The molecule has 3 aromatic rings. The third-order valence-corrected chi connectivity index (χ3v) is 3.92. The van der Waals surface area contributed by atoms with E-state index in [9.17, 15) is 4.39 Å². The van der Waals surface area contributed by atoms with E-state index in [0.717, 1.165) is 5.56 Å². The van der Waals surface area contributed by atoms with Crippen LogP contribution in [0.25, 0.3) is 22.4 Å². The minimum absolute atomic E-state index is 0.000461. The average molecular weight is 379 g/mol. The molecule has 0 unspecified atom stereocenters. The van der Waals surface area contributed by atoms with E-state index in [1.807, 2.05) is 6.07 Å². The number of aromatic nitrogens is 2. The van der Waals surface area contributed by atoms with Gasteiger partial charge in [0.15, 0.2) is 17.7 Å². The molecule has 25 heavy (non-hydrogen) atoms. The predicted octanol–water partition coefficient (Wildman–Crippen LogP) is 5.24.